The lowest BCUT2D eigenvalue weighted by atomic mass is 10.1. The van der Waals surface area contributed by atoms with Gasteiger partial charge in [-0.25, -0.2) is 13.2 Å². The smallest absolute Gasteiger partial charge is 0.340 e. The number of carbonyl (C=O) groups excluding carboxylic acids is 1. The zero-order valence-electron chi connectivity index (χ0n) is 14.1. The summed E-state index contributed by atoms with van der Waals surface area (Å²) in [6, 6.07) is 11.2. The first kappa shape index (κ1) is 17.2. The quantitative estimate of drug-likeness (QED) is 0.741. The summed E-state index contributed by atoms with van der Waals surface area (Å²) in [7, 11) is -3.43. The third kappa shape index (κ3) is 3.82. The van der Waals surface area contributed by atoms with E-state index in [1.807, 2.05) is 30.3 Å². The number of fused-ring (bicyclic) bond motifs is 1. The zero-order valence-corrected chi connectivity index (χ0v) is 14.9. The Balaban J connectivity index is 1.40. The minimum Gasteiger partial charge on any atom is -0.454 e. The summed E-state index contributed by atoms with van der Waals surface area (Å²) in [4.78, 5) is 13.9. The number of amidine groups is 1. The zero-order chi connectivity index (χ0) is 18.9. The number of aromatic nitrogens is 1. The Morgan fingerprint density at radius 2 is 2.04 bits per heavy atom. The summed E-state index contributed by atoms with van der Waals surface area (Å²) in [5, 5.41) is 3.97. The summed E-state index contributed by atoms with van der Waals surface area (Å²) in [5.41, 5.74) is 1.87. The van der Waals surface area contributed by atoms with Crippen LogP contribution in [0.2, 0.25) is 0 Å². The number of nitrogens with zero attached hydrogens (tertiary/aromatic N) is 3. The third-order valence-corrected chi connectivity index (χ3v) is 5.20. The number of ether oxygens (including phenoxy) is 1. The van der Waals surface area contributed by atoms with Crippen molar-refractivity contribution in [2.45, 2.75) is 6.61 Å². The molecule has 9 heteroatoms. The molecule has 1 aromatic heterocycles. The van der Waals surface area contributed by atoms with Gasteiger partial charge in [0.25, 0.3) is 10.0 Å². The fourth-order valence-electron chi connectivity index (χ4n) is 2.67. The first-order chi connectivity index (χ1) is 13.0. The molecule has 0 bridgehead atoms. The summed E-state index contributed by atoms with van der Waals surface area (Å²) in [6.07, 6.45) is 4.50. The second-order valence-corrected chi connectivity index (χ2v) is 7.72. The molecule has 0 saturated carbocycles. The Morgan fingerprint density at radius 1 is 1.22 bits per heavy atom. The van der Waals surface area contributed by atoms with Crippen LogP contribution in [0.3, 0.4) is 0 Å². The van der Waals surface area contributed by atoms with Gasteiger partial charge < -0.3 is 14.2 Å². The van der Waals surface area contributed by atoms with Gasteiger partial charge in [-0.3, -0.25) is 0 Å². The molecule has 0 spiro atoms. The molecule has 0 saturated heterocycles. The van der Waals surface area contributed by atoms with E-state index in [2.05, 4.69) is 9.55 Å². The van der Waals surface area contributed by atoms with Crippen LogP contribution < -0.4 is 0 Å². The highest BCUT2D eigenvalue weighted by atomic mass is 32.2. The number of esters is 1. The van der Waals surface area contributed by atoms with Gasteiger partial charge in [-0.1, -0.05) is 35.5 Å². The van der Waals surface area contributed by atoms with Crippen molar-refractivity contribution in [3.05, 3.63) is 66.1 Å². The monoisotopic (exact) mass is 385 g/mol. The Bertz CT molecular complexity index is 1070. The first-order valence-electron chi connectivity index (χ1n) is 8.17. The van der Waals surface area contributed by atoms with Crippen LogP contribution in [0.5, 0.6) is 0 Å². The molecule has 0 aliphatic carbocycles. The number of benzene rings is 1. The van der Waals surface area contributed by atoms with Crippen molar-refractivity contribution < 1.29 is 22.5 Å². The topological polar surface area (TPSA) is 102 Å². The molecule has 2 aliphatic rings. The summed E-state index contributed by atoms with van der Waals surface area (Å²) in [5.74, 6) is 0.0783. The minimum absolute atomic E-state index is 0.0564. The van der Waals surface area contributed by atoms with Crippen LogP contribution in [0, 0.1) is 0 Å². The van der Waals surface area contributed by atoms with E-state index in [4.69, 9.17) is 9.26 Å². The molecule has 1 aromatic carbocycles. The summed E-state index contributed by atoms with van der Waals surface area (Å²) < 4.78 is 37.1. The van der Waals surface area contributed by atoms with Crippen molar-refractivity contribution in [3.8, 4) is 11.3 Å². The second-order valence-electron chi connectivity index (χ2n) is 5.97. The highest BCUT2D eigenvalue weighted by Gasteiger charge is 2.25. The van der Waals surface area contributed by atoms with Gasteiger partial charge in [0.1, 0.15) is 11.5 Å². The maximum Gasteiger partial charge on any atom is 0.340 e. The lowest BCUT2D eigenvalue weighted by Gasteiger charge is -2.26. The normalized spacial score (nSPS) is 17.7. The van der Waals surface area contributed by atoms with Crippen LogP contribution >= 0.6 is 0 Å². The van der Waals surface area contributed by atoms with Gasteiger partial charge in [0.05, 0.1) is 11.3 Å². The van der Waals surface area contributed by atoms with E-state index in [1.165, 1.54) is 18.4 Å². The molecule has 2 aromatic rings. The fourth-order valence-corrected chi connectivity index (χ4v) is 3.64. The van der Waals surface area contributed by atoms with E-state index in [9.17, 15) is 13.2 Å². The molecule has 8 nitrogen and oxygen atoms in total. The lowest BCUT2D eigenvalue weighted by molar-refractivity contribution is -0.140. The van der Waals surface area contributed by atoms with Crippen LogP contribution in [-0.2, 0) is 26.2 Å². The minimum atomic E-state index is -3.43. The van der Waals surface area contributed by atoms with Crippen molar-refractivity contribution in [1.29, 1.82) is 0 Å². The van der Waals surface area contributed by atoms with Gasteiger partial charge in [-0.15, -0.1) is 4.40 Å². The van der Waals surface area contributed by atoms with E-state index < -0.39 is 16.0 Å². The average Bonchev–Trinajstić information content (AvgIpc) is 3.15. The molecular formula is C18H15N3O5S. The lowest BCUT2D eigenvalue weighted by Crippen LogP contribution is -2.37. The van der Waals surface area contributed by atoms with Crippen LogP contribution in [-0.4, -0.2) is 42.6 Å². The van der Waals surface area contributed by atoms with Gasteiger partial charge >= 0.3 is 5.97 Å². The van der Waals surface area contributed by atoms with E-state index in [1.54, 1.807) is 11.0 Å². The average molecular weight is 385 g/mol. The van der Waals surface area contributed by atoms with Crippen molar-refractivity contribution in [3.63, 3.8) is 0 Å². The van der Waals surface area contributed by atoms with Crippen LogP contribution in [0.1, 0.15) is 5.76 Å². The number of hydrogen-bond donors (Lipinski definition) is 0. The standard InChI is InChI=1S/C18H15N3O5S/c22-18(14-6-7-17-20-27(23,24)9-8-21(17)11-14)25-12-15-10-16(19-26-15)13-4-2-1-3-5-13/h1-7,10-11H,8-9,12H2. The number of sulfonamides is 1. The van der Waals surface area contributed by atoms with Crippen molar-refractivity contribution in [2.75, 3.05) is 12.3 Å². The molecule has 0 fully saturated rings. The summed E-state index contributed by atoms with van der Waals surface area (Å²) in [6.45, 7) is 0.185. The molecule has 27 heavy (non-hydrogen) atoms. The molecule has 4 rings (SSSR count). The molecule has 3 heterocycles. The van der Waals surface area contributed by atoms with Crippen molar-refractivity contribution >= 4 is 21.8 Å². The number of hydrogen-bond acceptors (Lipinski definition) is 7. The van der Waals surface area contributed by atoms with E-state index in [0.29, 0.717) is 22.9 Å². The van der Waals surface area contributed by atoms with E-state index in [0.717, 1.165) is 5.56 Å². The Kier molecular flexibility index (Phi) is 4.36. The Hall–Kier alpha value is -3.20. The van der Waals surface area contributed by atoms with Gasteiger partial charge in [-0.2, -0.15) is 0 Å². The molecular weight excluding hydrogens is 370 g/mol. The second kappa shape index (κ2) is 6.84. The highest BCUT2D eigenvalue weighted by molar-refractivity contribution is 7.90. The molecule has 0 atom stereocenters. The van der Waals surface area contributed by atoms with Gasteiger partial charge in [0.2, 0.25) is 0 Å². The SMILES string of the molecule is O=C(OCc1cc(-c2ccccc2)no1)C1=CN2CCS(=O)(=O)N=C2C=C1. The fraction of sp³-hybridized carbons (Fsp3) is 0.167. The molecule has 138 valence electrons. The van der Waals surface area contributed by atoms with Gasteiger partial charge in [-0.05, 0) is 12.2 Å². The van der Waals surface area contributed by atoms with Crippen molar-refractivity contribution in [1.82, 2.24) is 10.1 Å². The van der Waals surface area contributed by atoms with Crippen molar-refractivity contribution in [2.24, 2.45) is 4.40 Å². The highest BCUT2D eigenvalue weighted by Crippen LogP contribution is 2.20. The van der Waals surface area contributed by atoms with Gasteiger partial charge in [0.15, 0.2) is 12.4 Å². The van der Waals surface area contributed by atoms with E-state index in [-0.39, 0.29) is 18.9 Å². The molecule has 2 aliphatic heterocycles. The molecule has 0 N–H and O–H groups in total. The van der Waals surface area contributed by atoms with Crippen LogP contribution in [0.4, 0.5) is 0 Å². The molecule has 0 amide bonds. The number of carbonyl (C=O) groups is 1. The molecule has 0 unspecified atom stereocenters. The Labute approximate surface area is 155 Å². The van der Waals surface area contributed by atoms with Crippen LogP contribution in [0.25, 0.3) is 11.3 Å². The molecule has 0 radical (unpaired) electrons. The first-order valence-corrected chi connectivity index (χ1v) is 9.78. The largest absolute Gasteiger partial charge is 0.454 e. The number of rotatable bonds is 4. The van der Waals surface area contributed by atoms with Gasteiger partial charge in [0, 0.05) is 24.4 Å². The third-order valence-electron chi connectivity index (χ3n) is 4.03. The Morgan fingerprint density at radius 3 is 2.85 bits per heavy atom. The predicted octanol–water partition coefficient (Wildman–Crippen LogP) is 1.88. The predicted molar refractivity (Wildman–Crippen MR) is 96.9 cm³/mol. The van der Waals surface area contributed by atoms with E-state index >= 15 is 0 Å². The summed E-state index contributed by atoms with van der Waals surface area (Å²) >= 11 is 0. The van der Waals surface area contributed by atoms with Crippen LogP contribution in [0.15, 0.2) is 69.2 Å². The maximum atomic E-state index is 12.3. The maximum absolute atomic E-state index is 12.3.